The molecule has 0 aromatic heterocycles. The first kappa shape index (κ1) is 30.6. The molecule has 0 radical (unpaired) electrons. The van der Waals surface area contributed by atoms with Crippen LogP contribution < -0.4 is 14.4 Å². The highest BCUT2D eigenvalue weighted by molar-refractivity contribution is 7.92. The number of hydrogen-bond acceptors (Lipinski definition) is 5. The van der Waals surface area contributed by atoms with E-state index in [0.717, 1.165) is 34.1 Å². The lowest BCUT2D eigenvalue weighted by atomic mass is 10.1. The molecule has 8 nitrogen and oxygen atoms in total. The molecule has 2 amide bonds. The van der Waals surface area contributed by atoms with Gasteiger partial charge in [0, 0.05) is 12.1 Å². The third-order valence-corrected chi connectivity index (χ3v) is 7.91. The summed E-state index contributed by atoms with van der Waals surface area (Å²) in [5, 5.41) is 2.94. The molecule has 1 atom stereocenters. The molecule has 0 unspecified atom stereocenters. The molecule has 0 saturated carbocycles. The summed E-state index contributed by atoms with van der Waals surface area (Å²) in [5.74, 6) is -0.854. The lowest BCUT2D eigenvalue weighted by molar-refractivity contribution is -0.141. The van der Waals surface area contributed by atoms with Crippen molar-refractivity contribution < 1.29 is 27.1 Å². The van der Waals surface area contributed by atoms with Gasteiger partial charge in [-0.3, -0.25) is 13.9 Å². The summed E-state index contributed by atoms with van der Waals surface area (Å²) in [4.78, 5) is 28.6. The number of methoxy groups -OCH3 is 1. The Bertz CT molecular complexity index is 1390. The lowest BCUT2D eigenvalue weighted by Crippen LogP contribution is -2.55. The van der Waals surface area contributed by atoms with Crippen molar-refractivity contribution in [3.8, 4) is 5.75 Å². The number of anilines is 1. The van der Waals surface area contributed by atoms with Crippen LogP contribution in [0.4, 0.5) is 10.1 Å². The van der Waals surface area contributed by atoms with Crippen LogP contribution in [0.15, 0.2) is 83.8 Å². The first-order chi connectivity index (χ1) is 18.9. The predicted molar refractivity (Wildman–Crippen MR) is 153 cm³/mol. The number of halogens is 1. The van der Waals surface area contributed by atoms with Gasteiger partial charge >= 0.3 is 0 Å². The molecule has 3 rings (SSSR count). The Balaban J connectivity index is 2.04. The predicted octanol–water partition coefficient (Wildman–Crippen LogP) is 4.75. The van der Waals surface area contributed by atoms with Crippen molar-refractivity contribution >= 4 is 27.5 Å². The normalized spacial score (nSPS) is 12.3. The van der Waals surface area contributed by atoms with Gasteiger partial charge in [0.1, 0.15) is 24.2 Å². The zero-order valence-electron chi connectivity index (χ0n) is 23.4. The number of benzene rings is 3. The highest BCUT2D eigenvalue weighted by atomic mass is 32.2. The minimum absolute atomic E-state index is 0.0676. The van der Waals surface area contributed by atoms with E-state index in [1.807, 2.05) is 20.8 Å². The summed E-state index contributed by atoms with van der Waals surface area (Å²) in [6, 6.07) is 18.8. The Morgan fingerprint density at radius 2 is 1.55 bits per heavy atom. The topological polar surface area (TPSA) is 96.0 Å². The van der Waals surface area contributed by atoms with E-state index in [-0.39, 0.29) is 23.0 Å². The molecule has 40 heavy (non-hydrogen) atoms. The number of ether oxygens (including phenoxy) is 1. The maximum atomic E-state index is 14.0. The van der Waals surface area contributed by atoms with Gasteiger partial charge in [-0.15, -0.1) is 0 Å². The molecule has 0 bridgehead atoms. The number of hydrogen-bond donors (Lipinski definition) is 1. The molecular weight excluding hydrogens is 533 g/mol. The van der Waals surface area contributed by atoms with Crippen molar-refractivity contribution in [2.45, 2.75) is 57.1 Å². The van der Waals surface area contributed by atoms with Crippen molar-refractivity contribution in [2.75, 3.05) is 18.0 Å². The fourth-order valence-electron chi connectivity index (χ4n) is 4.16. The molecule has 214 valence electrons. The van der Waals surface area contributed by atoms with Crippen LogP contribution in [0.25, 0.3) is 0 Å². The molecule has 10 heteroatoms. The highest BCUT2D eigenvalue weighted by Gasteiger charge is 2.34. The van der Waals surface area contributed by atoms with Crippen molar-refractivity contribution in [2.24, 2.45) is 0 Å². The fourth-order valence-corrected chi connectivity index (χ4v) is 5.57. The van der Waals surface area contributed by atoms with Crippen molar-refractivity contribution in [3.63, 3.8) is 0 Å². The molecule has 3 aromatic rings. The summed E-state index contributed by atoms with van der Waals surface area (Å²) >= 11 is 0. The number of sulfonamides is 1. The van der Waals surface area contributed by atoms with Gasteiger partial charge in [0.25, 0.3) is 10.0 Å². The van der Waals surface area contributed by atoms with E-state index in [1.165, 1.54) is 4.90 Å². The summed E-state index contributed by atoms with van der Waals surface area (Å²) in [6.45, 7) is 6.84. The molecule has 0 saturated heterocycles. The van der Waals surface area contributed by atoms with Gasteiger partial charge in [0.2, 0.25) is 11.8 Å². The molecular formula is C30H36FN3O5S. The second-order valence-electron chi connectivity index (χ2n) is 10.3. The van der Waals surface area contributed by atoms with Crippen LogP contribution in [0.1, 0.15) is 39.7 Å². The van der Waals surface area contributed by atoms with Crippen molar-refractivity contribution in [1.29, 1.82) is 0 Å². The van der Waals surface area contributed by atoms with E-state index in [4.69, 9.17) is 4.74 Å². The molecule has 0 spiro atoms. The van der Waals surface area contributed by atoms with Crippen LogP contribution >= 0.6 is 0 Å². The summed E-state index contributed by atoms with van der Waals surface area (Å²) in [5.41, 5.74) is 0.460. The van der Waals surface area contributed by atoms with Crippen LogP contribution in [0.5, 0.6) is 5.75 Å². The number of amides is 2. The van der Waals surface area contributed by atoms with E-state index >= 15 is 0 Å². The van der Waals surface area contributed by atoms with Gasteiger partial charge in [-0.05, 0) is 81.3 Å². The average molecular weight is 570 g/mol. The third-order valence-electron chi connectivity index (χ3n) is 6.12. The van der Waals surface area contributed by atoms with Gasteiger partial charge in [-0.2, -0.15) is 0 Å². The zero-order chi connectivity index (χ0) is 29.5. The first-order valence-electron chi connectivity index (χ1n) is 12.9. The Morgan fingerprint density at radius 3 is 2.08 bits per heavy atom. The Kier molecular flexibility index (Phi) is 9.92. The third kappa shape index (κ3) is 7.81. The lowest BCUT2D eigenvalue weighted by Gasteiger charge is -2.34. The maximum Gasteiger partial charge on any atom is 0.264 e. The quantitative estimate of drug-likeness (QED) is 0.360. The van der Waals surface area contributed by atoms with Crippen LogP contribution in [0, 0.1) is 5.82 Å². The average Bonchev–Trinajstić information content (AvgIpc) is 2.91. The SMILES string of the molecule is CC[C@@H](C(=O)NC(C)(C)C)N(Cc1ccc(OC)cc1)C(=O)CN(c1ccccc1)S(=O)(=O)c1ccc(F)cc1. The number of carbonyl (C=O) groups excluding carboxylic acids is 2. The number of para-hydroxylation sites is 1. The number of nitrogens with zero attached hydrogens (tertiary/aromatic N) is 2. The zero-order valence-corrected chi connectivity index (χ0v) is 24.2. The van der Waals surface area contributed by atoms with Gasteiger partial charge in [-0.1, -0.05) is 37.3 Å². The van der Waals surface area contributed by atoms with Gasteiger partial charge in [0.05, 0.1) is 17.7 Å². The largest absolute Gasteiger partial charge is 0.497 e. The van der Waals surface area contributed by atoms with Crippen molar-refractivity contribution in [1.82, 2.24) is 10.2 Å². The summed E-state index contributed by atoms with van der Waals surface area (Å²) in [7, 11) is -2.71. The highest BCUT2D eigenvalue weighted by Crippen LogP contribution is 2.25. The van der Waals surface area contributed by atoms with Crippen LogP contribution in [-0.2, 0) is 26.2 Å². The number of rotatable bonds is 11. The van der Waals surface area contributed by atoms with Crippen LogP contribution in [0.3, 0.4) is 0 Å². The number of nitrogens with one attached hydrogen (secondary N) is 1. The standard InChI is InChI=1S/C30H36FN3O5S/c1-6-27(29(36)32-30(2,3)4)33(20-22-12-16-25(39-5)17-13-22)28(35)21-34(24-10-8-7-9-11-24)40(37,38)26-18-14-23(31)15-19-26/h7-19,27H,6,20-21H2,1-5H3,(H,32,36)/t27-/m0/s1. The van der Waals surface area contributed by atoms with E-state index in [2.05, 4.69) is 5.32 Å². The maximum absolute atomic E-state index is 14.0. The monoisotopic (exact) mass is 569 g/mol. The molecule has 0 aliphatic heterocycles. The van der Waals surface area contributed by atoms with Crippen LogP contribution in [-0.4, -0.2) is 50.4 Å². The van der Waals surface area contributed by atoms with E-state index in [1.54, 1.807) is 68.6 Å². The second kappa shape index (κ2) is 13.0. The second-order valence-corrected chi connectivity index (χ2v) is 12.2. The summed E-state index contributed by atoms with van der Waals surface area (Å²) < 4.78 is 47.3. The van der Waals surface area contributed by atoms with E-state index < -0.39 is 39.9 Å². The molecule has 0 fully saturated rings. The Morgan fingerprint density at radius 1 is 0.950 bits per heavy atom. The Hall–Kier alpha value is -3.92. The van der Waals surface area contributed by atoms with E-state index in [0.29, 0.717) is 12.2 Å². The first-order valence-corrected chi connectivity index (χ1v) is 14.4. The molecule has 1 N–H and O–H groups in total. The number of carbonyl (C=O) groups is 2. The van der Waals surface area contributed by atoms with Gasteiger partial charge in [0.15, 0.2) is 0 Å². The summed E-state index contributed by atoms with van der Waals surface area (Å²) in [6.07, 6.45) is 0.305. The molecule has 0 heterocycles. The van der Waals surface area contributed by atoms with Gasteiger partial charge < -0.3 is 15.0 Å². The smallest absolute Gasteiger partial charge is 0.264 e. The molecule has 0 aliphatic rings. The minimum atomic E-state index is -4.26. The van der Waals surface area contributed by atoms with Crippen LogP contribution in [0.2, 0.25) is 0 Å². The Labute approximate surface area is 235 Å². The van der Waals surface area contributed by atoms with Crippen molar-refractivity contribution in [3.05, 3.63) is 90.2 Å². The molecule has 3 aromatic carbocycles. The minimum Gasteiger partial charge on any atom is -0.497 e. The van der Waals surface area contributed by atoms with E-state index in [9.17, 15) is 22.4 Å². The molecule has 0 aliphatic carbocycles. The fraction of sp³-hybridized carbons (Fsp3) is 0.333. The van der Waals surface area contributed by atoms with Gasteiger partial charge in [-0.25, -0.2) is 12.8 Å².